The van der Waals surface area contributed by atoms with Crippen molar-refractivity contribution in [2.24, 2.45) is 5.92 Å². The number of fused-ring (bicyclic) bond motifs is 3. The molecule has 1 N–H and O–H groups in total. The lowest BCUT2D eigenvalue weighted by atomic mass is 9.97. The Morgan fingerprint density at radius 3 is 2.92 bits per heavy atom. The maximum Gasteiger partial charge on any atom is 0.270 e. The van der Waals surface area contributed by atoms with Crippen molar-refractivity contribution in [2.45, 2.75) is 18.9 Å². The van der Waals surface area contributed by atoms with Gasteiger partial charge in [-0.05, 0) is 25.3 Å². The molecule has 0 aromatic carbocycles. The molecule has 2 aromatic heterocycles. The number of pyridine rings is 1. The quantitative estimate of drug-likeness (QED) is 0.898. The molecule has 5 heterocycles. The van der Waals surface area contributed by atoms with Crippen LogP contribution < -0.4 is 10.2 Å². The first-order chi connectivity index (χ1) is 12.7. The molecule has 3 aliphatic rings. The average molecular weight is 356 g/mol. The van der Waals surface area contributed by atoms with E-state index in [-0.39, 0.29) is 11.9 Å². The normalized spacial score (nSPS) is 28.5. The van der Waals surface area contributed by atoms with Crippen molar-refractivity contribution in [3.63, 3.8) is 0 Å². The van der Waals surface area contributed by atoms with Crippen molar-refractivity contribution < 1.29 is 13.9 Å². The number of nitrogens with zero attached hydrogens (tertiary/aromatic N) is 3. The van der Waals surface area contributed by atoms with Crippen LogP contribution in [0.5, 0.6) is 0 Å². The van der Waals surface area contributed by atoms with E-state index in [0.717, 1.165) is 49.8 Å². The molecule has 3 fully saturated rings. The number of carbonyl (C=O) groups excluding carboxylic acids is 1. The van der Waals surface area contributed by atoms with Gasteiger partial charge in [0, 0.05) is 55.9 Å². The van der Waals surface area contributed by atoms with E-state index >= 15 is 0 Å². The van der Waals surface area contributed by atoms with Crippen molar-refractivity contribution in [1.29, 1.82) is 0 Å². The molecule has 3 aliphatic heterocycles. The molecule has 2 aromatic rings. The van der Waals surface area contributed by atoms with Gasteiger partial charge >= 0.3 is 0 Å². The lowest BCUT2D eigenvalue weighted by molar-refractivity contribution is 0.0904. The van der Waals surface area contributed by atoms with Crippen molar-refractivity contribution in [1.82, 2.24) is 15.2 Å². The van der Waals surface area contributed by atoms with Gasteiger partial charge in [-0.2, -0.15) is 0 Å². The molecular weight excluding hydrogens is 332 g/mol. The largest absolute Gasteiger partial charge is 0.440 e. The molecule has 0 spiro atoms. The van der Waals surface area contributed by atoms with Gasteiger partial charge in [0.2, 0.25) is 0 Å². The number of furan rings is 1. The third kappa shape index (κ3) is 3.05. The highest BCUT2D eigenvalue weighted by atomic mass is 16.5. The standard InChI is InChI=1S/C19H24N4O3/c24-19(21-15-7-13-1-2-22(11-13)12-15)16-9-17-14(10-20-16)8-18(26-17)23-3-5-25-6-4-23/h8-10,13,15H,1-7,11-12H2,(H,21,24)/t13-,15+/m0/s1. The maximum absolute atomic E-state index is 12.6. The van der Waals surface area contributed by atoms with Crippen LogP contribution in [-0.2, 0) is 4.74 Å². The Bertz CT molecular complexity index is 802. The Labute approximate surface area is 152 Å². The number of hydrogen-bond acceptors (Lipinski definition) is 6. The second-order valence-electron chi connectivity index (χ2n) is 7.61. The van der Waals surface area contributed by atoms with E-state index in [0.29, 0.717) is 24.5 Å². The average Bonchev–Trinajstić information content (AvgIpc) is 3.24. The van der Waals surface area contributed by atoms with Gasteiger partial charge in [-0.3, -0.25) is 9.78 Å². The zero-order valence-corrected chi connectivity index (χ0v) is 14.8. The Balaban J connectivity index is 1.31. The van der Waals surface area contributed by atoms with Crippen molar-refractivity contribution >= 4 is 22.8 Å². The molecule has 0 radical (unpaired) electrons. The highest BCUT2D eigenvalue weighted by molar-refractivity contribution is 5.95. The van der Waals surface area contributed by atoms with Crippen molar-refractivity contribution in [3.8, 4) is 0 Å². The maximum atomic E-state index is 12.6. The number of carbonyl (C=O) groups is 1. The van der Waals surface area contributed by atoms with Crippen LogP contribution in [0.25, 0.3) is 11.0 Å². The number of hydrogen-bond donors (Lipinski definition) is 1. The molecule has 3 saturated heterocycles. The van der Waals surface area contributed by atoms with E-state index in [1.807, 2.05) is 6.07 Å². The number of morpholine rings is 1. The molecular formula is C19H24N4O3. The summed E-state index contributed by atoms with van der Waals surface area (Å²) < 4.78 is 11.4. The highest BCUT2D eigenvalue weighted by Gasteiger charge is 2.33. The predicted molar refractivity (Wildman–Crippen MR) is 97.5 cm³/mol. The fraction of sp³-hybridized carbons (Fsp3) is 0.579. The summed E-state index contributed by atoms with van der Waals surface area (Å²) in [5.41, 5.74) is 1.13. The minimum Gasteiger partial charge on any atom is -0.440 e. The minimum absolute atomic E-state index is 0.108. The Morgan fingerprint density at radius 2 is 2.08 bits per heavy atom. The van der Waals surface area contributed by atoms with Gasteiger partial charge in [0.25, 0.3) is 5.91 Å². The number of rotatable bonds is 3. The second-order valence-corrected chi connectivity index (χ2v) is 7.61. The van der Waals surface area contributed by atoms with E-state index in [4.69, 9.17) is 9.15 Å². The molecule has 1 amide bonds. The Kier molecular flexibility index (Phi) is 4.05. The van der Waals surface area contributed by atoms with Gasteiger partial charge in [-0.25, -0.2) is 0 Å². The van der Waals surface area contributed by atoms with Gasteiger partial charge in [-0.15, -0.1) is 0 Å². The summed E-state index contributed by atoms with van der Waals surface area (Å²) in [6, 6.07) is 3.97. The first-order valence-corrected chi connectivity index (χ1v) is 9.50. The van der Waals surface area contributed by atoms with Gasteiger partial charge in [0.1, 0.15) is 11.3 Å². The number of anilines is 1. The third-order valence-electron chi connectivity index (χ3n) is 5.75. The Hall–Kier alpha value is -2.12. The summed E-state index contributed by atoms with van der Waals surface area (Å²) >= 11 is 0. The van der Waals surface area contributed by atoms with Gasteiger partial charge in [-0.1, -0.05) is 0 Å². The molecule has 7 heteroatoms. The number of amides is 1. The van der Waals surface area contributed by atoms with E-state index in [9.17, 15) is 4.79 Å². The van der Waals surface area contributed by atoms with Gasteiger partial charge in [0.15, 0.2) is 5.88 Å². The summed E-state index contributed by atoms with van der Waals surface area (Å²) in [6.07, 6.45) is 4.06. The monoisotopic (exact) mass is 356 g/mol. The van der Waals surface area contributed by atoms with E-state index in [1.54, 1.807) is 12.3 Å². The molecule has 0 aliphatic carbocycles. The highest BCUT2D eigenvalue weighted by Crippen LogP contribution is 2.28. The predicted octanol–water partition coefficient (Wildman–Crippen LogP) is 1.49. The summed E-state index contributed by atoms with van der Waals surface area (Å²) in [7, 11) is 0. The lowest BCUT2D eigenvalue weighted by Crippen LogP contribution is -2.47. The van der Waals surface area contributed by atoms with E-state index in [1.165, 1.54) is 13.0 Å². The van der Waals surface area contributed by atoms with E-state index in [2.05, 4.69) is 20.1 Å². The third-order valence-corrected chi connectivity index (χ3v) is 5.75. The summed E-state index contributed by atoms with van der Waals surface area (Å²) in [5.74, 6) is 1.44. The van der Waals surface area contributed by atoms with Crippen LogP contribution in [0.3, 0.4) is 0 Å². The van der Waals surface area contributed by atoms with Crippen molar-refractivity contribution in [3.05, 3.63) is 24.0 Å². The van der Waals surface area contributed by atoms with Gasteiger partial charge < -0.3 is 24.3 Å². The lowest BCUT2D eigenvalue weighted by Gasteiger charge is -2.30. The molecule has 7 nitrogen and oxygen atoms in total. The topological polar surface area (TPSA) is 70.8 Å². The molecule has 1 unspecified atom stereocenters. The zero-order chi connectivity index (χ0) is 17.5. The zero-order valence-electron chi connectivity index (χ0n) is 14.8. The van der Waals surface area contributed by atoms with Crippen LogP contribution >= 0.6 is 0 Å². The number of ether oxygens (including phenoxy) is 1. The summed E-state index contributed by atoms with van der Waals surface area (Å²) in [5, 5.41) is 4.08. The molecule has 26 heavy (non-hydrogen) atoms. The van der Waals surface area contributed by atoms with Crippen LogP contribution in [0, 0.1) is 5.92 Å². The van der Waals surface area contributed by atoms with Crippen LogP contribution in [0.4, 0.5) is 5.88 Å². The minimum atomic E-state index is -0.108. The van der Waals surface area contributed by atoms with Crippen LogP contribution in [0.1, 0.15) is 23.3 Å². The number of aromatic nitrogens is 1. The second kappa shape index (κ2) is 6.55. The molecule has 138 valence electrons. The first kappa shape index (κ1) is 16.1. The molecule has 5 rings (SSSR count). The SMILES string of the molecule is O=C(N[C@@H]1C[C@@H]2CCN(C2)C1)c1cc2oc(N3CCOCC3)cc2cn1. The molecule has 0 saturated carbocycles. The fourth-order valence-electron chi connectivity index (χ4n) is 4.41. The fourth-order valence-corrected chi connectivity index (χ4v) is 4.41. The Morgan fingerprint density at radius 1 is 1.19 bits per heavy atom. The van der Waals surface area contributed by atoms with E-state index < -0.39 is 0 Å². The molecule has 2 bridgehead atoms. The number of nitrogens with one attached hydrogen (secondary N) is 1. The first-order valence-electron chi connectivity index (χ1n) is 9.50. The smallest absolute Gasteiger partial charge is 0.270 e. The van der Waals surface area contributed by atoms with Crippen LogP contribution in [-0.4, -0.2) is 67.8 Å². The summed E-state index contributed by atoms with van der Waals surface area (Å²) in [6.45, 7) is 6.36. The van der Waals surface area contributed by atoms with Gasteiger partial charge in [0.05, 0.1) is 13.2 Å². The van der Waals surface area contributed by atoms with Crippen LogP contribution in [0.2, 0.25) is 0 Å². The van der Waals surface area contributed by atoms with Crippen molar-refractivity contribution in [2.75, 3.05) is 50.8 Å². The summed E-state index contributed by atoms with van der Waals surface area (Å²) in [4.78, 5) is 21.6. The van der Waals surface area contributed by atoms with Crippen LogP contribution in [0.15, 0.2) is 22.7 Å². The molecule has 3 atom stereocenters. The number of piperidine rings is 1.